The molecule has 1 unspecified atom stereocenters. The van der Waals surface area contributed by atoms with Crippen LogP contribution < -0.4 is 20.1 Å². The van der Waals surface area contributed by atoms with Crippen molar-refractivity contribution in [1.29, 1.82) is 5.26 Å². The lowest BCUT2D eigenvalue weighted by molar-refractivity contribution is -0.138. The van der Waals surface area contributed by atoms with Crippen LogP contribution in [-0.4, -0.2) is 50.5 Å². The summed E-state index contributed by atoms with van der Waals surface area (Å²) in [7, 11) is 1.35. The first-order valence-electron chi connectivity index (χ1n) is 10.8. The zero-order valence-electron chi connectivity index (χ0n) is 19.0. The average Bonchev–Trinajstić information content (AvgIpc) is 3.22. The predicted molar refractivity (Wildman–Crippen MR) is 128 cm³/mol. The van der Waals surface area contributed by atoms with Gasteiger partial charge in [0, 0.05) is 19.6 Å². The quantitative estimate of drug-likeness (QED) is 0.555. The molecule has 1 fully saturated rings. The van der Waals surface area contributed by atoms with Crippen molar-refractivity contribution >= 4 is 28.9 Å². The number of aliphatic imine (C=N–C) groups is 1. The van der Waals surface area contributed by atoms with Crippen LogP contribution in [0.15, 0.2) is 46.3 Å². The Kier molecular flexibility index (Phi) is 7.83. The smallest absolute Gasteiger partial charge is 0.420 e. The second-order valence-corrected chi connectivity index (χ2v) is 8.77. The van der Waals surface area contributed by atoms with Crippen LogP contribution in [0.25, 0.3) is 6.08 Å². The van der Waals surface area contributed by atoms with Crippen molar-refractivity contribution in [3.63, 3.8) is 0 Å². The van der Waals surface area contributed by atoms with E-state index in [0.29, 0.717) is 35.3 Å². The van der Waals surface area contributed by atoms with E-state index in [9.17, 15) is 18.0 Å². The summed E-state index contributed by atoms with van der Waals surface area (Å²) in [6.07, 6.45) is -3.12. The molecule has 0 radical (unpaired) electrons. The SMILES string of the molecule is COc1cc(/C=C2/SC(NCC3CNCCO3)=NC2=O)ccc1Oc1ccc(C#N)cc1C(F)(F)F. The van der Waals surface area contributed by atoms with Gasteiger partial charge >= 0.3 is 6.18 Å². The number of hydrogen-bond donors (Lipinski definition) is 2. The van der Waals surface area contributed by atoms with Crippen LogP contribution in [0.3, 0.4) is 0 Å². The molecule has 4 rings (SSSR count). The van der Waals surface area contributed by atoms with Gasteiger partial charge in [0.05, 0.1) is 41.9 Å². The molecule has 0 spiro atoms. The fourth-order valence-electron chi connectivity index (χ4n) is 3.47. The monoisotopic (exact) mass is 518 g/mol. The number of benzene rings is 2. The molecule has 2 aliphatic heterocycles. The third-order valence-electron chi connectivity index (χ3n) is 5.23. The number of methoxy groups -OCH3 is 1. The molecule has 0 saturated carbocycles. The van der Waals surface area contributed by atoms with Gasteiger partial charge in [0.15, 0.2) is 16.7 Å². The maximum Gasteiger partial charge on any atom is 0.420 e. The van der Waals surface area contributed by atoms with E-state index in [1.54, 1.807) is 24.3 Å². The molecular formula is C24H21F3N4O4S. The minimum absolute atomic E-state index is 0.0176. The standard InChI is InChI=1S/C24H21F3N4O4S/c1-33-20-9-14(10-21-22(32)31-23(36-21)30-13-16-12-29-6-7-34-16)2-5-19(20)35-18-4-3-15(11-28)8-17(18)24(25,26)27/h2-5,8-10,16,29H,6-7,12-13H2,1H3,(H,30,31,32)/b21-10+. The number of nitriles is 1. The van der Waals surface area contributed by atoms with Crippen LogP contribution in [0, 0.1) is 11.3 Å². The zero-order chi connectivity index (χ0) is 25.7. The fraction of sp³-hybridized carbons (Fsp3) is 0.292. The van der Waals surface area contributed by atoms with Crippen molar-refractivity contribution in [2.45, 2.75) is 12.3 Å². The molecule has 8 nitrogen and oxygen atoms in total. The van der Waals surface area contributed by atoms with Crippen molar-refractivity contribution in [2.24, 2.45) is 4.99 Å². The molecule has 188 valence electrons. The Bertz CT molecular complexity index is 1250. The van der Waals surface area contributed by atoms with Gasteiger partial charge in [-0.2, -0.15) is 23.4 Å². The van der Waals surface area contributed by atoms with Crippen LogP contribution in [0.2, 0.25) is 0 Å². The van der Waals surface area contributed by atoms with E-state index >= 15 is 0 Å². The van der Waals surface area contributed by atoms with Crippen molar-refractivity contribution in [3.8, 4) is 23.3 Å². The number of rotatable bonds is 6. The molecule has 1 atom stereocenters. The first kappa shape index (κ1) is 25.6. The second-order valence-electron chi connectivity index (χ2n) is 7.74. The highest BCUT2D eigenvalue weighted by Gasteiger charge is 2.35. The summed E-state index contributed by atoms with van der Waals surface area (Å²) in [6.45, 7) is 2.65. The summed E-state index contributed by atoms with van der Waals surface area (Å²) in [5.74, 6) is -0.663. The Morgan fingerprint density at radius 2 is 2.08 bits per heavy atom. The summed E-state index contributed by atoms with van der Waals surface area (Å²) in [5, 5.41) is 15.7. The zero-order valence-corrected chi connectivity index (χ0v) is 19.8. The summed E-state index contributed by atoms with van der Waals surface area (Å²) >= 11 is 1.18. The van der Waals surface area contributed by atoms with E-state index in [2.05, 4.69) is 15.6 Å². The van der Waals surface area contributed by atoms with Gasteiger partial charge in [0.25, 0.3) is 5.91 Å². The van der Waals surface area contributed by atoms with Gasteiger partial charge in [0.1, 0.15) is 5.75 Å². The molecule has 0 bridgehead atoms. The molecule has 12 heteroatoms. The number of amidine groups is 1. The highest BCUT2D eigenvalue weighted by atomic mass is 32.2. The molecule has 2 aromatic carbocycles. The van der Waals surface area contributed by atoms with E-state index in [0.717, 1.165) is 18.7 Å². The van der Waals surface area contributed by atoms with E-state index in [-0.39, 0.29) is 23.2 Å². The molecule has 2 aliphatic rings. The number of carbonyl (C=O) groups is 1. The summed E-state index contributed by atoms with van der Waals surface area (Å²) in [5.41, 5.74) is -0.641. The molecule has 0 aromatic heterocycles. The molecule has 2 heterocycles. The maximum absolute atomic E-state index is 13.5. The van der Waals surface area contributed by atoms with Gasteiger partial charge in [0.2, 0.25) is 0 Å². The average molecular weight is 519 g/mol. The molecule has 1 saturated heterocycles. The van der Waals surface area contributed by atoms with Crippen molar-refractivity contribution in [1.82, 2.24) is 10.6 Å². The maximum atomic E-state index is 13.5. The predicted octanol–water partition coefficient (Wildman–Crippen LogP) is 3.93. The first-order chi connectivity index (χ1) is 17.3. The lowest BCUT2D eigenvalue weighted by Crippen LogP contribution is -2.44. The molecule has 2 aromatic rings. The number of nitrogens with zero attached hydrogens (tertiary/aromatic N) is 2. The van der Waals surface area contributed by atoms with Gasteiger partial charge in [-0.15, -0.1) is 0 Å². The number of morpholine rings is 1. The van der Waals surface area contributed by atoms with Crippen LogP contribution >= 0.6 is 11.8 Å². The van der Waals surface area contributed by atoms with Crippen molar-refractivity contribution in [2.75, 3.05) is 33.4 Å². The Morgan fingerprint density at radius 3 is 2.78 bits per heavy atom. The third kappa shape index (κ3) is 6.17. The third-order valence-corrected chi connectivity index (χ3v) is 6.17. The van der Waals surface area contributed by atoms with Crippen LogP contribution in [0.5, 0.6) is 17.2 Å². The normalized spacial score (nSPS) is 19.1. The molecule has 2 N–H and O–H groups in total. The Balaban J connectivity index is 1.48. The van der Waals surface area contributed by atoms with E-state index < -0.39 is 23.4 Å². The Labute approximate surface area is 209 Å². The second kappa shape index (κ2) is 11.0. The number of halogens is 3. The number of ether oxygens (including phenoxy) is 3. The van der Waals surface area contributed by atoms with Gasteiger partial charge in [-0.3, -0.25) is 4.79 Å². The minimum atomic E-state index is -4.72. The van der Waals surface area contributed by atoms with Crippen LogP contribution in [0.1, 0.15) is 16.7 Å². The summed E-state index contributed by atoms with van der Waals surface area (Å²) in [6, 6.07) is 9.31. The van der Waals surface area contributed by atoms with E-state index in [4.69, 9.17) is 19.5 Å². The molecule has 1 amide bonds. The topological polar surface area (TPSA) is 105 Å². The number of nitrogens with one attached hydrogen (secondary N) is 2. The Hall–Kier alpha value is -3.53. The molecular weight excluding hydrogens is 497 g/mol. The van der Waals surface area contributed by atoms with Gasteiger partial charge < -0.3 is 24.8 Å². The van der Waals surface area contributed by atoms with Crippen LogP contribution in [-0.2, 0) is 15.7 Å². The number of hydrogen-bond acceptors (Lipinski definition) is 8. The highest BCUT2D eigenvalue weighted by molar-refractivity contribution is 8.18. The highest BCUT2D eigenvalue weighted by Crippen LogP contribution is 2.41. The van der Waals surface area contributed by atoms with Gasteiger partial charge in [-0.25, -0.2) is 0 Å². The van der Waals surface area contributed by atoms with Gasteiger partial charge in [-0.05, 0) is 53.7 Å². The number of carbonyl (C=O) groups excluding carboxylic acids is 1. The lowest BCUT2D eigenvalue weighted by Gasteiger charge is -2.23. The number of amides is 1. The fourth-order valence-corrected chi connectivity index (χ4v) is 4.30. The molecule has 0 aliphatic carbocycles. The Morgan fingerprint density at radius 1 is 1.28 bits per heavy atom. The summed E-state index contributed by atoms with van der Waals surface area (Å²) < 4.78 is 56.9. The van der Waals surface area contributed by atoms with Gasteiger partial charge in [-0.1, -0.05) is 6.07 Å². The first-order valence-corrected chi connectivity index (χ1v) is 11.6. The van der Waals surface area contributed by atoms with E-state index in [1.165, 1.54) is 31.0 Å². The largest absolute Gasteiger partial charge is 0.493 e. The molecule has 36 heavy (non-hydrogen) atoms. The van der Waals surface area contributed by atoms with Crippen molar-refractivity contribution < 1.29 is 32.2 Å². The lowest BCUT2D eigenvalue weighted by atomic mass is 10.1. The van der Waals surface area contributed by atoms with E-state index in [1.807, 2.05) is 0 Å². The minimum Gasteiger partial charge on any atom is -0.493 e. The number of thioether (sulfide) groups is 1. The number of alkyl halides is 3. The summed E-state index contributed by atoms with van der Waals surface area (Å²) in [4.78, 5) is 16.7. The van der Waals surface area contributed by atoms with Crippen molar-refractivity contribution in [3.05, 3.63) is 58.0 Å². The van der Waals surface area contributed by atoms with Crippen LogP contribution in [0.4, 0.5) is 13.2 Å².